The van der Waals surface area contributed by atoms with E-state index in [2.05, 4.69) is 46.9 Å². The summed E-state index contributed by atoms with van der Waals surface area (Å²) >= 11 is 8.03. The summed E-state index contributed by atoms with van der Waals surface area (Å²) in [7, 11) is 0. The number of rotatable bonds is 18. The quantitative estimate of drug-likeness (QED) is 0.175. The Morgan fingerprint density at radius 3 is 2.15 bits per heavy atom. The van der Waals surface area contributed by atoms with Crippen molar-refractivity contribution in [3.8, 4) is 5.75 Å². The highest BCUT2D eigenvalue weighted by Gasteiger charge is 2.13. The first-order valence-electron chi connectivity index (χ1n) is 14.7. The van der Waals surface area contributed by atoms with Crippen molar-refractivity contribution in [3.63, 3.8) is 0 Å². The van der Waals surface area contributed by atoms with Crippen molar-refractivity contribution in [1.82, 2.24) is 4.90 Å². The summed E-state index contributed by atoms with van der Waals surface area (Å²) in [6.07, 6.45) is 15.7. The van der Waals surface area contributed by atoms with Crippen LogP contribution < -0.4 is 15.4 Å². The number of amides is 2. The highest BCUT2D eigenvalue weighted by Crippen LogP contribution is 2.29. The minimum absolute atomic E-state index is 0.310. The first kappa shape index (κ1) is 31.2. The van der Waals surface area contributed by atoms with E-state index in [0.717, 1.165) is 31.0 Å². The van der Waals surface area contributed by atoms with Crippen LogP contribution in [-0.4, -0.2) is 23.4 Å². The summed E-state index contributed by atoms with van der Waals surface area (Å²) in [4.78, 5) is 15.0. The van der Waals surface area contributed by atoms with E-state index >= 15 is 0 Å². The molecular weight excluding hydrogens is 526 g/mol. The topological polar surface area (TPSA) is 53.6 Å². The molecule has 2 amide bonds. The molecule has 0 saturated heterocycles. The zero-order valence-electron chi connectivity index (χ0n) is 23.8. The Bertz CT molecular complexity index is 1030. The minimum atomic E-state index is -0.310. The van der Waals surface area contributed by atoms with Gasteiger partial charge in [0.25, 0.3) is 0 Å². The maximum Gasteiger partial charge on any atom is 0.323 e. The zero-order valence-corrected chi connectivity index (χ0v) is 25.3. The van der Waals surface area contributed by atoms with Crippen LogP contribution in [0.3, 0.4) is 0 Å². The molecule has 0 fully saturated rings. The SMILES string of the molecule is CCCCCCCCCCCCCCOc1cc(Cl)ccc1NC(=O)Nc1ccc(CN2CSC=C2C)cc1. The molecule has 2 aromatic carbocycles. The second kappa shape index (κ2) is 18.1. The largest absolute Gasteiger partial charge is 0.491 e. The molecule has 2 N–H and O–H groups in total. The molecule has 0 aliphatic carbocycles. The number of unbranched alkanes of at least 4 members (excludes halogenated alkanes) is 11. The van der Waals surface area contributed by atoms with Crippen LogP contribution in [-0.2, 0) is 6.54 Å². The van der Waals surface area contributed by atoms with Gasteiger partial charge in [0.15, 0.2) is 0 Å². The lowest BCUT2D eigenvalue weighted by Gasteiger charge is -2.19. The number of hydrogen-bond acceptors (Lipinski definition) is 4. The molecule has 0 unspecified atom stereocenters. The maximum absolute atomic E-state index is 12.7. The molecule has 1 aliphatic heterocycles. The fraction of sp³-hybridized carbons (Fsp3) is 0.531. The van der Waals surface area contributed by atoms with E-state index in [1.54, 1.807) is 18.2 Å². The Balaban J connectivity index is 1.33. The molecule has 0 saturated carbocycles. The first-order valence-corrected chi connectivity index (χ1v) is 16.1. The number of carbonyl (C=O) groups is 1. The number of nitrogens with zero attached hydrogens (tertiary/aromatic N) is 1. The Morgan fingerprint density at radius 1 is 0.897 bits per heavy atom. The summed E-state index contributed by atoms with van der Waals surface area (Å²) in [5.74, 6) is 1.59. The number of ether oxygens (including phenoxy) is 1. The van der Waals surface area contributed by atoms with E-state index in [0.29, 0.717) is 23.1 Å². The monoisotopic (exact) mass is 571 g/mol. The van der Waals surface area contributed by atoms with E-state index in [1.165, 1.54) is 75.5 Å². The molecule has 0 bridgehead atoms. The number of nitrogens with one attached hydrogen (secondary N) is 2. The van der Waals surface area contributed by atoms with E-state index in [-0.39, 0.29) is 6.03 Å². The molecule has 5 nitrogen and oxygen atoms in total. The number of carbonyl (C=O) groups excluding carboxylic acids is 1. The molecule has 214 valence electrons. The summed E-state index contributed by atoms with van der Waals surface area (Å²) in [6, 6.07) is 13.0. The van der Waals surface area contributed by atoms with Crippen LogP contribution in [0.1, 0.15) is 96.5 Å². The molecule has 0 spiro atoms. The van der Waals surface area contributed by atoms with Gasteiger partial charge in [-0.1, -0.05) is 101 Å². The molecule has 39 heavy (non-hydrogen) atoms. The van der Waals surface area contributed by atoms with Crippen LogP contribution >= 0.6 is 23.4 Å². The number of anilines is 2. The van der Waals surface area contributed by atoms with E-state index in [1.807, 2.05) is 23.9 Å². The number of urea groups is 1. The Kier molecular flexibility index (Phi) is 14.5. The van der Waals surface area contributed by atoms with Gasteiger partial charge in [-0.2, -0.15) is 0 Å². The lowest BCUT2D eigenvalue weighted by atomic mass is 10.1. The second-order valence-corrected chi connectivity index (χ2v) is 11.7. The molecule has 3 rings (SSSR count). The third-order valence-corrected chi connectivity index (χ3v) is 8.22. The van der Waals surface area contributed by atoms with Crippen LogP contribution in [0.2, 0.25) is 5.02 Å². The van der Waals surface area contributed by atoms with Gasteiger partial charge in [0.1, 0.15) is 5.75 Å². The summed E-state index contributed by atoms with van der Waals surface area (Å²) in [5, 5.41) is 8.60. The number of thioether (sulfide) groups is 1. The average Bonchev–Trinajstić information content (AvgIpc) is 3.33. The maximum atomic E-state index is 12.7. The van der Waals surface area contributed by atoms with Gasteiger partial charge in [-0.05, 0) is 48.6 Å². The molecule has 7 heteroatoms. The van der Waals surface area contributed by atoms with Gasteiger partial charge in [-0.3, -0.25) is 0 Å². The predicted molar refractivity (Wildman–Crippen MR) is 169 cm³/mol. The van der Waals surface area contributed by atoms with Crippen molar-refractivity contribution >= 4 is 40.8 Å². The van der Waals surface area contributed by atoms with Gasteiger partial charge >= 0.3 is 6.03 Å². The van der Waals surface area contributed by atoms with Gasteiger partial charge in [-0.15, -0.1) is 11.8 Å². The van der Waals surface area contributed by atoms with Crippen molar-refractivity contribution in [1.29, 1.82) is 0 Å². The normalized spacial score (nSPS) is 12.9. The summed E-state index contributed by atoms with van der Waals surface area (Å²) < 4.78 is 6.01. The van der Waals surface area contributed by atoms with Crippen molar-refractivity contribution in [2.24, 2.45) is 0 Å². The highest BCUT2D eigenvalue weighted by atomic mass is 35.5. The van der Waals surface area contributed by atoms with Crippen molar-refractivity contribution in [2.75, 3.05) is 23.1 Å². The summed E-state index contributed by atoms with van der Waals surface area (Å²) in [5.41, 5.74) is 3.86. The fourth-order valence-electron chi connectivity index (χ4n) is 4.64. The standard InChI is InChI=1S/C32H46ClN3O2S/c1-3-4-5-6-7-8-9-10-11-12-13-14-21-38-31-22-28(33)17-20-30(31)35-32(37)34-29-18-15-27(16-19-29)23-36-25-39-24-26(36)2/h15-20,22,24H,3-14,21,23,25H2,1-2H3,(H2,34,35,37). The predicted octanol–water partition coefficient (Wildman–Crippen LogP) is 10.4. The van der Waals surface area contributed by atoms with Gasteiger partial charge < -0.3 is 20.3 Å². The van der Waals surface area contributed by atoms with Crippen LogP contribution in [0.4, 0.5) is 16.2 Å². The van der Waals surface area contributed by atoms with E-state index in [9.17, 15) is 4.79 Å². The van der Waals surface area contributed by atoms with Gasteiger partial charge in [0.05, 0.1) is 18.2 Å². The number of hydrogen-bond donors (Lipinski definition) is 2. The third-order valence-electron chi connectivity index (χ3n) is 7.02. The van der Waals surface area contributed by atoms with Crippen LogP contribution in [0.5, 0.6) is 5.75 Å². The second-order valence-electron chi connectivity index (χ2n) is 10.4. The number of allylic oxidation sites excluding steroid dienone is 1. The Hall–Kier alpha value is -2.31. The molecule has 1 aliphatic rings. The molecular formula is C32H46ClN3O2S. The van der Waals surface area contributed by atoms with Crippen molar-refractivity contribution < 1.29 is 9.53 Å². The van der Waals surface area contributed by atoms with Gasteiger partial charge in [-0.25, -0.2) is 4.79 Å². The third kappa shape index (κ3) is 12.2. The lowest BCUT2D eigenvalue weighted by molar-refractivity contribution is 0.261. The van der Waals surface area contributed by atoms with Crippen molar-refractivity contribution in [3.05, 3.63) is 64.2 Å². The molecule has 0 atom stereocenters. The average molecular weight is 572 g/mol. The summed E-state index contributed by atoms with van der Waals surface area (Å²) in [6.45, 7) is 5.88. The van der Waals surface area contributed by atoms with E-state index < -0.39 is 0 Å². The first-order chi connectivity index (χ1) is 19.0. The lowest BCUT2D eigenvalue weighted by Crippen LogP contribution is -2.20. The molecule has 2 aromatic rings. The van der Waals surface area contributed by atoms with Crippen molar-refractivity contribution in [2.45, 2.75) is 97.4 Å². The van der Waals surface area contributed by atoms with Crippen LogP contribution in [0, 0.1) is 0 Å². The minimum Gasteiger partial charge on any atom is -0.491 e. The van der Waals surface area contributed by atoms with Crippen LogP contribution in [0.25, 0.3) is 0 Å². The van der Waals surface area contributed by atoms with E-state index in [4.69, 9.17) is 16.3 Å². The Morgan fingerprint density at radius 2 is 1.54 bits per heavy atom. The smallest absolute Gasteiger partial charge is 0.323 e. The molecule has 0 aromatic heterocycles. The Labute approximate surface area is 245 Å². The number of benzene rings is 2. The highest BCUT2D eigenvalue weighted by molar-refractivity contribution is 8.02. The molecule has 0 radical (unpaired) electrons. The molecule has 1 heterocycles. The fourth-order valence-corrected chi connectivity index (χ4v) is 5.74. The zero-order chi connectivity index (χ0) is 27.7. The van der Waals surface area contributed by atoms with Gasteiger partial charge in [0, 0.05) is 29.0 Å². The van der Waals surface area contributed by atoms with Gasteiger partial charge in [0.2, 0.25) is 0 Å². The van der Waals surface area contributed by atoms with Crippen LogP contribution in [0.15, 0.2) is 53.6 Å². The number of halogens is 1.